The summed E-state index contributed by atoms with van der Waals surface area (Å²) >= 11 is 8.18. The second-order valence-electron chi connectivity index (χ2n) is 14.3. The zero-order chi connectivity index (χ0) is 32.8. The number of halogens is 1. The number of likely N-dealkylation sites (tertiary alicyclic amines) is 4. The number of fused-ring (bicyclic) bond motifs is 3. The van der Waals surface area contributed by atoms with Gasteiger partial charge in [-0.3, -0.25) is 14.5 Å². The van der Waals surface area contributed by atoms with Crippen molar-refractivity contribution < 1.29 is 14.4 Å². The largest absolute Gasteiger partial charge is 0.397 e. The molecular weight excluding hydrogens is 634 g/mol. The maximum atomic E-state index is 14.2. The number of nitrogens with two attached hydrogens (primary N) is 1. The molecule has 5 aliphatic rings. The number of benzene rings is 1. The number of anilines is 2. The van der Waals surface area contributed by atoms with Crippen LogP contribution in [0.25, 0.3) is 0 Å². The van der Waals surface area contributed by atoms with Crippen molar-refractivity contribution >= 4 is 52.2 Å². The molecule has 10 nitrogen and oxygen atoms in total. The van der Waals surface area contributed by atoms with Crippen molar-refractivity contribution in [2.24, 2.45) is 5.92 Å². The van der Waals surface area contributed by atoms with Crippen molar-refractivity contribution in [1.82, 2.24) is 24.5 Å². The van der Waals surface area contributed by atoms with Gasteiger partial charge in [0, 0.05) is 74.7 Å². The van der Waals surface area contributed by atoms with Gasteiger partial charge in [-0.25, -0.2) is 4.79 Å². The van der Waals surface area contributed by atoms with Gasteiger partial charge in [-0.15, -0.1) is 11.3 Å². The number of nitrogen functional groups attached to an aromatic ring is 1. The molecule has 0 radical (unpaired) electrons. The summed E-state index contributed by atoms with van der Waals surface area (Å²) in [6, 6.07) is 7.73. The Kier molecular flexibility index (Phi) is 9.43. The Morgan fingerprint density at radius 2 is 1.74 bits per heavy atom. The quantitative estimate of drug-likeness (QED) is 0.398. The highest BCUT2D eigenvalue weighted by molar-refractivity contribution is 7.10. The lowest BCUT2D eigenvalue weighted by molar-refractivity contribution is -0.143. The van der Waals surface area contributed by atoms with E-state index in [2.05, 4.69) is 22.2 Å². The van der Waals surface area contributed by atoms with Gasteiger partial charge in [0.1, 0.15) is 0 Å². The van der Waals surface area contributed by atoms with Crippen molar-refractivity contribution in [3.05, 3.63) is 44.6 Å². The molecule has 0 saturated carbocycles. The lowest BCUT2D eigenvalue weighted by Crippen LogP contribution is -2.54. The average molecular weight is 682 g/mol. The van der Waals surface area contributed by atoms with Crippen LogP contribution >= 0.6 is 22.9 Å². The predicted octanol–water partition coefficient (Wildman–Crippen LogP) is 4.51. The Labute approximate surface area is 287 Å². The zero-order valence-electron chi connectivity index (χ0n) is 27.6. The standard InChI is InChI=1S/C35H48ClN7O3S/c1-3-23-14-22(16-29(36)33(23)37)15-24(34(45)41-11-6-25(7-12-41)42-20-27-18-28(42)19-39(27)2)17-32(44)40-9-4-26(5-10-40)43-21-31-30(8-13-47-31)38-35(43)46/h8,13-14,16,24-28H,3-7,9-12,15,17-21,37H2,1-2H3,(H,38,46)/t24-,27?,28?/m0/s1. The summed E-state index contributed by atoms with van der Waals surface area (Å²) in [5.74, 6) is -0.394. The Hall–Kier alpha value is -2.86. The number of likely N-dealkylation sites (N-methyl/N-ethyl adjacent to an activating group) is 1. The molecule has 4 saturated heterocycles. The number of amides is 4. The number of piperidine rings is 2. The number of carbonyl (C=O) groups is 3. The molecule has 3 atom stereocenters. The number of carbonyl (C=O) groups excluding carboxylic acids is 3. The minimum Gasteiger partial charge on any atom is -0.397 e. The van der Waals surface area contributed by atoms with Crippen LogP contribution in [0.2, 0.25) is 5.02 Å². The first-order valence-electron chi connectivity index (χ1n) is 17.4. The molecule has 1 aromatic carbocycles. The third-order valence-corrected chi connectivity index (χ3v) is 12.7. The smallest absolute Gasteiger partial charge is 0.322 e. The van der Waals surface area contributed by atoms with Crippen LogP contribution in [0.15, 0.2) is 23.6 Å². The maximum Gasteiger partial charge on any atom is 0.322 e. The normalized spacial score (nSPS) is 24.9. The molecule has 0 aliphatic carbocycles. The van der Waals surface area contributed by atoms with Gasteiger partial charge in [-0.1, -0.05) is 24.6 Å². The topological polar surface area (TPSA) is 105 Å². The molecule has 254 valence electrons. The second-order valence-corrected chi connectivity index (χ2v) is 15.7. The van der Waals surface area contributed by atoms with E-state index in [9.17, 15) is 14.4 Å². The number of nitrogens with one attached hydrogen (secondary N) is 1. The fourth-order valence-electron chi connectivity index (χ4n) is 8.75. The molecule has 6 heterocycles. The van der Waals surface area contributed by atoms with Crippen LogP contribution in [-0.2, 0) is 29.0 Å². The molecule has 4 amide bonds. The first-order valence-corrected chi connectivity index (χ1v) is 18.7. The van der Waals surface area contributed by atoms with Gasteiger partial charge in [-0.2, -0.15) is 0 Å². The Morgan fingerprint density at radius 1 is 1.02 bits per heavy atom. The van der Waals surface area contributed by atoms with Gasteiger partial charge in [0.2, 0.25) is 11.8 Å². The molecular formula is C35H48ClN7O3S. The number of urea groups is 1. The van der Waals surface area contributed by atoms with Gasteiger partial charge >= 0.3 is 6.03 Å². The summed E-state index contributed by atoms with van der Waals surface area (Å²) in [5.41, 5.74) is 9.64. The number of piperazine rings is 1. The van der Waals surface area contributed by atoms with Crippen LogP contribution in [0.4, 0.5) is 16.2 Å². The number of rotatable bonds is 8. The van der Waals surface area contributed by atoms with Gasteiger partial charge in [0.25, 0.3) is 0 Å². The molecule has 2 aromatic rings. The highest BCUT2D eigenvalue weighted by atomic mass is 35.5. The third-order valence-electron chi connectivity index (χ3n) is 11.5. The minimum atomic E-state index is -0.470. The molecule has 5 aliphatic heterocycles. The van der Waals surface area contributed by atoms with Crippen LogP contribution in [0.3, 0.4) is 0 Å². The maximum absolute atomic E-state index is 14.2. The van der Waals surface area contributed by atoms with Crippen molar-refractivity contribution in [1.29, 1.82) is 0 Å². The van der Waals surface area contributed by atoms with Crippen LogP contribution in [0, 0.1) is 5.92 Å². The highest BCUT2D eigenvalue weighted by Crippen LogP contribution is 2.35. The SMILES string of the molecule is CCc1cc(C[C@@H](CC(=O)N2CCC(N3Cc4sccc4NC3=O)CC2)C(=O)N2CCC(N3CC4CC3CN4C)CC2)cc(Cl)c1N. The van der Waals surface area contributed by atoms with E-state index >= 15 is 0 Å². The van der Waals surface area contributed by atoms with E-state index in [1.54, 1.807) is 11.3 Å². The van der Waals surface area contributed by atoms with E-state index in [0.717, 1.165) is 75.1 Å². The summed E-state index contributed by atoms with van der Waals surface area (Å²) in [5, 5.41) is 5.52. The molecule has 2 unspecified atom stereocenters. The van der Waals surface area contributed by atoms with Crippen LogP contribution in [-0.4, -0.2) is 113 Å². The second kappa shape index (κ2) is 13.6. The lowest BCUT2D eigenvalue weighted by atomic mass is 9.91. The highest BCUT2D eigenvalue weighted by Gasteiger charge is 2.45. The third kappa shape index (κ3) is 6.60. The summed E-state index contributed by atoms with van der Waals surface area (Å²) in [6.07, 6.45) is 6.06. The fourth-order valence-corrected chi connectivity index (χ4v) is 9.84. The predicted molar refractivity (Wildman–Crippen MR) is 187 cm³/mol. The zero-order valence-corrected chi connectivity index (χ0v) is 29.2. The first kappa shape index (κ1) is 32.7. The average Bonchev–Trinajstić information content (AvgIpc) is 3.81. The first-order chi connectivity index (χ1) is 22.7. The molecule has 1 aromatic heterocycles. The molecule has 0 spiro atoms. The van der Waals surface area contributed by atoms with E-state index in [1.165, 1.54) is 11.3 Å². The summed E-state index contributed by atoms with van der Waals surface area (Å²) in [7, 11) is 2.23. The van der Waals surface area contributed by atoms with Crippen LogP contribution < -0.4 is 11.1 Å². The van der Waals surface area contributed by atoms with E-state index in [4.69, 9.17) is 17.3 Å². The summed E-state index contributed by atoms with van der Waals surface area (Å²) < 4.78 is 0. The van der Waals surface area contributed by atoms with E-state index in [0.29, 0.717) is 54.9 Å². The summed E-state index contributed by atoms with van der Waals surface area (Å²) in [4.78, 5) is 53.1. The molecule has 2 bridgehead atoms. The van der Waals surface area contributed by atoms with Gasteiger partial charge < -0.3 is 30.7 Å². The lowest BCUT2D eigenvalue weighted by Gasteiger charge is -2.42. The number of hydrogen-bond donors (Lipinski definition) is 2. The number of nitrogens with zero attached hydrogens (tertiary/aromatic N) is 5. The van der Waals surface area contributed by atoms with Crippen molar-refractivity contribution in [3.8, 4) is 0 Å². The fraction of sp³-hybridized carbons (Fsp3) is 0.629. The van der Waals surface area contributed by atoms with Gasteiger partial charge in [0.15, 0.2) is 0 Å². The van der Waals surface area contributed by atoms with Crippen molar-refractivity contribution in [2.45, 2.75) is 89.0 Å². The Bertz CT molecular complexity index is 1500. The van der Waals surface area contributed by atoms with Gasteiger partial charge in [0.05, 0.1) is 28.9 Å². The molecule has 47 heavy (non-hydrogen) atoms. The van der Waals surface area contributed by atoms with E-state index < -0.39 is 5.92 Å². The molecule has 7 rings (SSSR count). The summed E-state index contributed by atoms with van der Waals surface area (Å²) in [6.45, 7) is 7.58. The van der Waals surface area contributed by atoms with Crippen molar-refractivity contribution in [2.75, 3.05) is 57.4 Å². The van der Waals surface area contributed by atoms with Crippen LogP contribution in [0.1, 0.15) is 61.5 Å². The van der Waals surface area contributed by atoms with Crippen molar-refractivity contribution in [3.63, 3.8) is 0 Å². The monoisotopic (exact) mass is 681 g/mol. The van der Waals surface area contributed by atoms with Crippen LogP contribution in [0.5, 0.6) is 0 Å². The molecule has 4 fully saturated rings. The number of hydrogen-bond acceptors (Lipinski definition) is 7. The Morgan fingerprint density at radius 3 is 2.43 bits per heavy atom. The number of thiophene rings is 1. The van der Waals surface area contributed by atoms with E-state index in [1.807, 2.05) is 45.2 Å². The number of aryl methyl sites for hydroxylation is 1. The Balaban J connectivity index is 1.00. The van der Waals surface area contributed by atoms with Gasteiger partial charge in [-0.05, 0) is 80.6 Å². The van der Waals surface area contributed by atoms with E-state index in [-0.39, 0.29) is 30.3 Å². The molecule has 3 N–H and O–H groups in total. The minimum absolute atomic E-state index is 0.00907. The molecule has 12 heteroatoms.